The smallest absolute Gasteiger partial charge is 0.416 e. The lowest BCUT2D eigenvalue weighted by Crippen LogP contribution is -2.29. The van der Waals surface area contributed by atoms with Crippen LogP contribution in [0.4, 0.5) is 13.2 Å². The Balaban J connectivity index is 1.67. The Morgan fingerprint density at radius 2 is 1.63 bits per heavy atom. The maximum atomic E-state index is 13.6. The number of rotatable bonds is 7. The number of carbonyl (C=O) groups excluding carboxylic acids is 2. The highest BCUT2D eigenvalue weighted by Gasteiger charge is 2.30. The zero-order chi connectivity index (χ0) is 27.6. The minimum Gasteiger partial charge on any atom is -0.465 e. The molecule has 0 aliphatic rings. The summed E-state index contributed by atoms with van der Waals surface area (Å²) in [6.45, 7) is 5.69. The van der Waals surface area contributed by atoms with Gasteiger partial charge in [-0.3, -0.25) is 9.48 Å². The van der Waals surface area contributed by atoms with Gasteiger partial charge in [0.25, 0.3) is 5.91 Å². The number of nitrogens with zero attached hydrogens (tertiary/aromatic N) is 2. The molecule has 1 heterocycles. The second kappa shape index (κ2) is 10.7. The van der Waals surface area contributed by atoms with Crippen molar-refractivity contribution >= 4 is 22.8 Å². The number of amides is 1. The van der Waals surface area contributed by atoms with Crippen LogP contribution in [0.1, 0.15) is 76.0 Å². The normalized spacial score (nSPS) is 12.5. The van der Waals surface area contributed by atoms with Gasteiger partial charge in [0.05, 0.1) is 29.8 Å². The summed E-state index contributed by atoms with van der Waals surface area (Å²) in [5.41, 5.74) is 2.99. The number of methoxy groups -OCH3 is 1. The van der Waals surface area contributed by atoms with Crippen molar-refractivity contribution in [1.29, 1.82) is 0 Å². The van der Waals surface area contributed by atoms with Gasteiger partial charge in [0.2, 0.25) is 0 Å². The molecule has 1 aromatic heterocycles. The second-order valence-electron chi connectivity index (χ2n) is 9.38. The van der Waals surface area contributed by atoms with Gasteiger partial charge in [-0.05, 0) is 74.2 Å². The molecule has 1 N–H and O–H groups in total. The lowest BCUT2D eigenvalue weighted by molar-refractivity contribution is -0.137. The second-order valence-corrected chi connectivity index (χ2v) is 9.38. The van der Waals surface area contributed by atoms with Gasteiger partial charge in [0, 0.05) is 11.4 Å². The Morgan fingerprint density at radius 1 is 0.974 bits per heavy atom. The summed E-state index contributed by atoms with van der Waals surface area (Å²) < 4.78 is 45.4. The Kier molecular flexibility index (Phi) is 7.57. The average molecular weight is 524 g/mol. The molecule has 0 bridgehead atoms. The SMILES string of the molecule is COC(=O)c1ccc(C(C)NC(=O)c2c3c(Cc4ccc(C(F)(F)F)cc4)cccc3nn2C(C)C)cc1. The monoisotopic (exact) mass is 523 g/mol. The van der Waals surface area contributed by atoms with Gasteiger partial charge in [-0.15, -0.1) is 0 Å². The van der Waals surface area contributed by atoms with Crippen LogP contribution in [0.25, 0.3) is 10.9 Å². The Morgan fingerprint density at radius 3 is 2.21 bits per heavy atom. The van der Waals surface area contributed by atoms with Crippen LogP contribution in [-0.4, -0.2) is 28.8 Å². The number of hydrogen-bond donors (Lipinski definition) is 1. The summed E-state index contributed by atoms with van der Waals surface area (Å²) >= 11 is 0. The van der Waals surface area contributed by atoms with Crippen molar-refractivity contribution in [1.82, 2.24) is 15.1 Å². The molecule has 198 valence electrons. The molecule has 1 amide bonds. The number of benzene rings is 3. The molecule has 0 saturated heterocycles. The molecular weight excluding hydrogens is 495 g/mol. The molecule has 4 rings (SSSR count). The summed E-state index contributed by atoms with van der Waals surface area (Å²) in [4.78, 5) is 25.4. The van der Waals surface area contributed by atoms with Crippen molar-refractivity contribution in [2.24, 2.45) is 0 Å². The molecule has 0 radical (unpaired) electrons. The number of halogens is 3. The van der Waals surface area contributed by atoms with Crippen LogP contribution in [0.5, 0.6) is 0 Å². The van der Waals surface area contributed by atoms with E-state index in [9.17, 15) is 22.8 Å². The summed E-state index contributed by atoms with van der Waals surface area (Å²) in [6, 6.07) is 16.8. The highest BCUT2D eigenvalue weighted by molar-refractivity contribution is 6.06. The average Bonchev–Trinajstić information content (AvgIpc) is 3.29. The topological polar surface area (TPSA) is 73.2 Å². The first-order chi connectivity index (χ1) is 18.0. The van der Waals surface area contributed by atoms with Gasteiger partial charge in [-0.2, -0.15) is 18.3 Å². The van der Waals surface area contributed by atoms with Crippen LogP contribution in [0.2, 0.25) is 0 Å². The largest absolute Gasteiger partial charge is 0.465 e. The van der Waals surface area contributed by atoms with E-state index >= 15 is 0 Å². The molecule has 38 heavy (non-hydrogen) atoms. The van der Waals surface area contributed by atoms with Gasteiger partial charge < -0.3 is 10.1 Å². The minimum absolute atomic E-state index is 0.114. The number of nitrogens with one attached hydrogen (secondary N) is 1. The van der Waals surface area contributed by atoms with E-state index in [1.54, 1.807) is 28.9 Å². The molecule has 0 aliphatic carbocycles. The van der Waals surface area contributed by atoms with E-state index in [2.05, 4.69) is 10.4 Å². The van der Waals surface area contributed by atoms with Crippen LogP contribution in [0.15, 0.2) is 66.7 Å². The van der Waals surface area contributed by atoms with Crippen molar-refractivity contribution in [3.63, 3.8) is 0 Å². The van der Waals surface area contributed by atoms with Crippen molar-refractivity contribution in [3.05, 3.63) is 100 Å². The lowest BCUT2D eigenvalue weighted by Gasteiger charge is -2.17. The zero-order valence-corrected chi connectivity index (χ0v) is 21.5. The highest BCUT2D eigenvalue weighted by Crippen LogP contribution is 2.31. The Hall–Kier alpha value is -4.14. The zero-order valence-electron chi connectivity index (χ0n) is 21.5. The first-order valence-corrected chi connectivity index (χ1v) is 12.1. The summed E-state index contributed by atoms with van der Waals surface area (Å²) in [5, 5.41) is 8.34. The van der Waals surface area contributed by atoms with Gasteiger partial charge in [-0.1, -0.05) is 36.4 Å². The summed E-state index contributed by atoms with van der Waals surface area (Å²) in [6.07, 6.45) is -4.07. The predicted molar refractivity (Wildman–Crippen MR) is 138 cm³/mol. The number of alkyl halides is 3. The third kappa shape index (κ3) is 5.56. The van der Waals surface area contributed by atoms with Gasteiger partial charge in [0.1, 0.15) is 5.69 Å². The molecule has 0 fully saturated rings. The van der Waals surface area contributed by atoms with E-state index in [0.717, 1.165) is 23.3 Å². The number of ether oxygens (including phenoxy) is 1. The third-order valence-electron chi connectivity index (χ3n) is 6.37. The van der Waals surface area contributed by atoms with Crippen LogP contribution in [-0.2, 0) is 17.3 Å². The maximum Gasteiger partial charge on any atom is 0.416 e. The van der Waals surface area contributed by atoms with Crippen molar-refractivity contribution < 1.29 is 27.5 Å². The predicted octanol–water partition coefficient (Wildman–Crippen LogP) is 6.50. The number of carbonyl (C=O) groups is 2. The standard InChI is InChI=1S/C29H28F3N3O3/c1-17(2)35-26(27(36)33-18(3)20-10-12-21(13-11-20)28(37)38-4)25-22(6-5-7-24(25)34-35)16-19-8-14-23(15-9-19)29(30,31)32/h5-15,17-18H,16H2,1-4H3,(H,33,36). The molecule has 1 atom stereocenters. The Labute approximate surface area is 218 Å². The molecule has 4 aromatic rings. The maximum absolute atomic E-state index is 13.6. The third-order valence-corrected chi connectivity index (χ3v) is 6.37. The minimum atomic E-state index is -4.40. The van der Waals surface area contributed by atoms with E-state index in [1.807, 2.05) is 39.0 Å². The molecule has 0 saturated carbocycles. The fraction of sp³-hybridized carbons (Fsp3) is 0.276. The summed E-state index contributed by atoms with van der Waals surface area (Å²) in [5.74, 6) is -0.772. The fourth-order valence-electron chi connectivity index (χ4n) is 4.37. The first-order valence-electron chi connectivity index (χ1n) is 12.1. The van der Waals surface area contributed by atoms with Crippen molar-refractivity contribution in [2.45, 2.75) is 45.5 Å². The van der Waals surface area contributed by atoms with Crippen LogP contribution in [0.3, 0.4) is 0 Å². The molecule has 0 aliphatic heterocycles. The number of hydrogen-bond acceptors (Lipinski definition) is 4. The molecule has 3 aromatic carbocycles. The quantitative estimate of drug-likeness (QED) is 0.281. The lowest BCUT2D eigenvalue weighted by atomic mass is 9.98. The van der Waals surface area contributed by atoms with Gasteiger partial charge in [-0.25, -0.2) is 4.79 Å². The van der Waals surface area contributed by atoms with E-state index in [4.69, 9.17) is 4.74 Å². The van der Waals surface area contributed by atoms with E-state index < -0.39 is 17.7 Å². The van der Waals surface area contributed by atoms with Crippen LogP contribution < -0.4 is 5.32 Å². The fourth-order valence-corrected chi connectivity index (χ4v) is 4.37. The number of fused-ring (bicyclic) bond motifs is 1. The van der Waals surface area contributed by atoms with E-state index in [-0.39, 0.29) is 18.0 Å². The van der Waals surface area contributed by atoms with Crippen LogP contribution in [0, 0.1) is 0 Å². The number of esters is 1. The van der Waals surface area contributed by atoms with Crippen LogP contribution >= 0.6 is 0 Å². The van der Waals surface area contributed by atoms with Gasteiger partial charge in [0.15, 0.2) is 0 Å². The Bertz CT molecular complexity index is 1460. The molecule has 9 heteroatoms. The molecular formula is C29H28F3N3O3. The van der Waals surface area contributed by atoms with Crippen molar-refractivity contribution in [3.8, 4) is 0 Å². The van der Waals surface area contributed by atoms with E-state index in [1.165, 1.54) is 19.2 Å². The first kappa shape index (κ1) is 26.9. The number of aromatic nitrogens is 2. The summed E-state index contributed by atoms with van der Waals surface area (Å²) in [7, 11) is 1.31. The molecule has 1 unspecified atom stereocenters. The molecule has 0 spiro atoms. The van der Waals surface area contributed by atoms with Crippen molar-refractivity contribution in [2.75, 3.05) is 7.11 Å². The highest BCUT2D eigenvalue weighted by atomic mass is 19.4. The van der Waals surface area contributed by atoms with E-state index in [0.29, 0.717) is 34.1 Å². The van der Waals surface area contributed by atoms with Gasteiger partial charge >= 0.3 is 12.1 Å². The molecule has 6 nitrogen and oxygen atoms in total.